The monoisotopic (exact) mass is 475 g/mol. The number of anilines is 1. The summed E-state index contributed by atoms with van der Waals surface area (Å²) in [5.74, 6) is -0.450. The van der Waals surface area contributed by atoms with Gasteiger partial charge < -0.3 is 19.6 Å². The Hall–Kier alpha value is -3.12. The van der Waals surface area contributed by atoms with Crippen LogP contribution >= 0.6 is 0 Å². The summed E-state index contributed by atoms with van der Waals surface area (Å²) in [6, 6.07) is 13.1. The van der Waals surface area contributed by atoms with E-state index in [1.165, 1.54) is 6.42 Å². The minimum atomic E-state index is -1.56. The molecule has 6 heteroatoms. The van der Waals surface area contributed by atoms with Gasteiger partial charge in [-0.3, -0.25) is 4.79 Å². The van der Waals surface area contributed by atoms with Crippen LogP contribution in [0, 0.1) is 5.92 Å². The Bertz CT molecular complexity index is 1250. The van der Waals surface area contributed by atoms with Gasteiger partial charge in [0.25, 0.3) is 5.91 Å². The lowest BCUT2D eigenvalue weighted by atomic mass is 9.70. The Labute approximate surface area is 205 Å². The van der Waals surface area contributed by atoms with Crippen LogP contribution in [-0.4, -0.2) is 22.6 Å². The second kappa shape index (κ2) is 9.15. The number of hydrogen-bond acceptors (Lipinski definition) is 5. The minimum absolute atomic E-state index is 0.199. The molecule has 1 aromatic heterocycles. The highest BCUT2D eigenvalue weighted by molar-refractivity contribution is 5.99. The first-order valence-corrected chi connectivity index (χ1v) is 12.6. The zero-order valence-electron chi connectivity index (χ0n) is 20.4. The molecule has 0 spiro atoms. The number of furan rings is 1. The number of para-hydroxylation sites is 1. The molecule has 0 saturated heterocycles. The molecule has 2 N–H and O–H groups in total. The van der Waals surface area contributed by atoms with Crippen molar-refractivity contribution in [2.24, 2.45) is 5.92 Å². The van der Waals surface area contributed by atoms with Crippen LogP contribution in [0.3, 0.4) is 0 Å². The summed E-state index contributed by atoms with van der Waals surface area (Å²) in [5.41, 5.74) is 1.51. The van der Waals surface area contributed by atoms with Crippen LogP contribution in [0.5, 0.6) is 0 Å². The third-order valence-corrected chi connectivity index (χ3v) is 7.66. The Morgan fingerprint density at radius 2 is 1.91 bits per heavy atom. The summed E-state index contributed by atoms with van der Waals surface area (Å²) < 4.78 is 10.9. The van der Waals surface area contributed by atoms with Gasteiger partial charge in [-0.2, -0.15) is 0 Å². The van der Waals surface area contributed by atoms with Crippen LogP contribution in [0.4, 0.5) is 5.69 Å². The van der Waals surface area contributed by atoms with Crippen LogP contribution in [0.1, 0.15) is 80.3 Å². The number of nitrogens with one attached hydrogen (secondary N) is 1. The molecule has 0 bridgehead atoms. The Balaban J connectivity index is 1.44. The van der Waals surface area contributed by atoms with Crippen LogP contribution in [0.2, 0.25) is 0 Å². The fourth-order valence-electron chi connectivity index (χ4n) is 5.92. The van der Waals surface area contributed by atoms with Crippen molar-refractivity contribution in [2.45, 2.75) is 76.4 Å². The van der Waals surface area contributed by atoms with E-state index in [1.807, 2.05) is 24.3 Å². The summed E-state index contributed by atoms with van der Waals surface area (Å²) in [6.07, 6.45) is 7.89. The van der Waals surface area contributed by atoms with Crippen LogP contribution in [0.25, 0.3) is 11.0 Å². The quantitative estimate of drug-likeness (QED) is 0.403. The lowest BCUT2D eigenvalue weighted by Gasteiger charge is -2.38. The lowest BCUT2D eigenvalue weighted by Crippen LogP contribution is -2.48. The highest BCUT2D eigenvalue weighted by Crippen LogP contribution is 2.41. The van der Waals surface area contributed by atoms with Crippen molar-refractivity contribution in [3.05, 3.63) is 65.4 Å². The molecule has 1 saturated carbocycles. The Morgan fingerprint density at radius 3 is 2.71 bits per heavy atom. The van der Waals surface area contributed by atoms with Gasteiger partial charge in [0, 0.05) is 22.2 Å². The zero-order chi connectivity index (χ0) is 24.6. The number of esters is 1. The van der Waals surface area contributed by atoms with Crippen molar-refractivity contribution < 1.29 is 23.8 Å². The van der Waals surface area contributed by atoms with E-state index in [4.69, 9.17) is 9.15 Å². The summed E-state index contributed by atoms with van der Waals surface area (Å²) in [6.45, 7) is 4.31. The van der Waals surface area contributed by atoms with Crippen molar-refractivity contribution in [3.8, 4) is 0 Å². The summed E-state index contributed by atoms with van der Waals surface area (Å²) in [4.78, 5) is 25.5. The molecule has 3 aromatic rings. The minimum Gasteiger partial charge on any atom is -0.464 e. The van der Waals surface area contributed by atoms with Crippen molar-refractivity contribution in [2.75, 3.05) is 5.32 Å². The summed E-state index contributed by atoms with van der Waals surface area (Å²) >= 11 is 0. The number of cyclic esters (lactones) is 1. The highest BCUT2D eigenvalue weighted by atomic mass is 16.5. The van der Waals surface area contributed by atoms with E-state index in [1.54, 1.807) is 24.5 Å². The number of fused-ring (bicyclic) bond motifs is 2. The van der Waals surface area contributed by atoms with Crippen molar-refractivity contribution in [3.63, 3.8) is 0 Å². The SMILES string of the molecule is CC(C)(CC(O)(CC1CCCCC1)C(=O)Nc1ccc2c(c1)COC2=O)c1cccc2ccoc12. The average Bonchev–Trinajstić information content (AvgIpc) is 3.45. The standard InChI is InChI=1S/C29H33NO5/c1-28(2,24-10-6-9-20-13-14-34-25(20)24)18-29(33,16-19-7-4-3-5-8-19)27(32)30-22-11-12-23-21(15-22)17-35-26(23)31/h6,9-15,19,33H,3-5,7-8,16-18H2,1-2H3,(H,30,32). The molecule has 1 atom stereocenters. The number of benzene rings is 2. The molecule has 2 aromatic carbocycles. The van der Waals surface area contributed by atoms with Crippen molar-refractivity contribution in [1.29, 1.82) is 0 Å². The molecule has 35 heavy (non-hydrogen) atoms. The van der Waals surface area contributed by atoms with E-state index in [0.717, 1.165) is 47.8 Å². The van der Waals surface area contributed by atoms with Gasteiger partial charge in [0.1, 0.15) is 17.8 Å². The molecular weight excluding hydrogens is 442 g/mol. The van der Waals surface area contributed by atoms with E-state index in [0.29, 0.717) is 23.6 Å². The maximum absolute atomic E-state index is 13.7. The number of rotatable bonds is 7. The molecule has 0 radical (unpaired) electrons. The van der Waals surface area contributed by atoms with E-state index < -0.39 is 16.9 Å². The first-order valence-electron chi connectivity index (χ1n) is 12.6. The first-order chi connectivity index (χ1) is 16.7. The van der Waals surface area contributed by atoms with Gasteiger partial charge in [0.2, 0.25) is 0 Å². The van der Waals surface area contributed by atoms with Crippen LogP contribution in [0.15, 0.2) is 53.1 Å². The predicted molar refractivity (Wildman–Crippen MR) is 134 cm³/mol. The molecule has 5 rings (SSSR count). The number of hydrogen-bond donors (Lipinski definition) is 2. The van der Waals surface area contributed by atoms with Gasteiger partial charge in [-0.15, -0.1) is 0 Å². The second-order valence-electron chi connectivity index (χ2n) is 10.8. The van der Waals surface area contributed by atoms with Gasteiger partial charge in [-0.1, -0.05) is 64.2 Å². The molecule has 6 nitrogen and oxygen atoms in total. The molecule has 1 unspecified atom stereocenters. The molecular formula is C29H33NO5. The highest BCUT2D eigenvalue weighted by Gasteiger charge is 2.44. The van der Waals surface area contributed by atoms with Crippen molar-refractivity contribution in [1.82, 2.24) is 0 Å². The topological polar surface area (TPSA) is 88.8 Å². The van der Waals surface area contributed by atoms with E-state index in [9.17, 15) is 14.7 Å². The Morgan fingerprint density at radius 1 is 1.11 bits per heavy atom. The maximum Gasteiger partial charge on any atom is 0.338 e. The number of aliphatic hydroxyl groups is 1. The molecule has 2 aliphatic rings. The largest absolute Gasteiger partial charge is 0.464 e. The molecule has 1 aliphatic carbocycles. The predicted octanol–water partition coefficient (Wildman–Crippen LogP) is 6.11. The smallest absolute Gasteiger partial charge is 0.338 e. The second-order valence-corrected chi connectivity index (χ2v) is 10.8. The van der Waals surface area contributed by atoms with Crippen LogP contribution < -0.4 is 5.32 Å². The number of carbonyl (C=O) groups is 2. The fraction of sp³-hybridized carbons (Fsp3) is 0.448. The number of amides is 1. The first kappa shape index (κ1) is 23.6. The van der Waals surface area contributed by atoms with E-state index >= 15 is 0 Å². The van der Waals surface area contributed by atoms with Gasteiger partial charge in [-0.25, -0.2) is 4.79 Å². The van der Waals surface area contributed by atoms with Gasteiger partial charge in [-0.05, 0) is 48.4 Å². The zero-order valence-corrected chi connectivity index (χ0v) is 20.4. The molecule has 1 fully saturated rings. The van der Waals surface area contributed by atoms with Gasteiger partial charge in [0.15, 0.2) is 0 Å². The molecule has 2 heterocycles. The van der Waals surface area contributed by atoms with Gasteiger partial charge in [0.05, 0.1) is 11.8 Å². The maximum atomic E-state index is 13.7. The lowest BCUT2D eigenvalue weighted by molar-refractivity contribution is -0.138. The molecule has 1 amide bonds. The van der Waals surface area contributed by atoms with E-state index in [2.05, 4.69) is 19.2 Å². The number of carbonyl (C=O) groups excluding carboxylic acids is 2. The molecule has 1 aliphatic heterocycles. The summed E-state index contributed by atoms with van der Waals surface area (Å²) in [7, 11) is 0. The third kappa shape index (κ3) is 4.72. The molecule has 184 valence electrons. The average molecular weight is 476 g/mol. The third-order valence-electron chi connectivity index (χ3n) is 7.66. The number of ether oxygens (including phenoxy) is 1. The summed E-state index contributed by atoms with van der Waals surface area (Å²) in [5, 5.41) is 16.0. The van der Waals surface area contributed by atoms with E-state index in [-0.39, 0.29) is 19.0 Å². The normalized spacial score (nSPS) is 18.2. The fourth-order valence-corrected chi connectivity index (χ4v) is 5.92. The van der Waals surface area contributed by atoms with Gasteiger partial charge >= 0.3 is 5.97 Å². The van der Waals surface area contributed by atoms with Crippen LogP contribution in [-0.2, 0) is 21.6 Å². The Kier molecular flexibility index (Phi) is 6.18. The van der Waals surface area contributed by atoms with Crippen molar-refractivity contribution >= 4 is 28.5 Å².